The molecule has 0 aliphatic carbocycles. The molecule has 0 spiro atoms. The molecule has 8 heteroatoms. The van der Waals surface area contributed by atoms with Gasteiger partial charge in [0.15, 0.2) is 0 Å². The van der Waals surface area contributed by atoms with E-state index in [-0.39, 0.29) is 23.3 Å². The van der Waals surface area contributed by atoms with Crippen LogP contribution in [0.1, 0.15) is 20.8 Å². The molecule has 2 aliphatic heterocycles. The molecule has 112 valence electrons. The molecule has 1 saturated heterocycles. The third kappa shape index (κ3) is 2.47. The zero-order valence-corrected chi connectivity index (χ0v) is 13.1. The van der Waals surface area contributed by atoms with Gasteiger partial charge in [0, 0.05) is 11.4 Å². The summed E-state index contributed by atoms with van der Waals surface area (Å²) in [5, 5.41) is 3.65. The van der Waals surface area contributed by atoms with Gasteiger partial charge in [0.2, 0.25) is 11.8 Å². The van der Waals surface area contributed by atoms with E-state index in [1.54, 1.807) is 0 Å². The first-order valence-corrected chi connectivity index (χ1v) is 8.47. The van der Waals surface area contributed by atoms with E-state index < -0.39 is 5.97 Å². The first kappa shape index (κ1) is 14.6. The maximum atomic E-state index is 12.1. The van der Waals surface area contributed by atoms with Crippen molar-refractivity contribution >= 4 is 45.9 Å². The van der Waals surface area contributed by atoms with Gasteiger partial charge in [-0.1, -0.05) is 0 Å². The predicted molar refractivity (Wildman–Crippen MR) is 80.9 cm³/mol. The number of rotatable bonds is 2. The maximum absolute atomic E-state index is 12.1. The van der Waals surface area contributed by atoms with Gasteiger partial charge in [-0.15, -0.1) is 23.1 Å². The second kappa shape index (κ2) is 5.78. The van der Waals surface area contributed by atoms with Crippen molar-refractivity contribution in [2.45, 2.75) is 13.0 Å². The molecule has 1 aromatic heterocycles. The van der Waals surface area contributed by atoms with Crippen LogP contribution in [0, 0.1) is 0 Å². The fourth-order valence-corrected chi connectivity index (χ4v) is 4.56. The van der Waals surface area contributed by atoms with Crippen molar-refractivity contribution in [1.29, 1.82) is 0 Å². The van der Waals surface area contributed by atoms with Gasteiger partial charge in [-0.05, 0) is 18.5 Å². The van der Waals surface area contributed by atoms with Crippen LogP contribution in [0.3, 0.4) is 0 Å². The summed E-state index contributed by atoms with van der Waals surface area (Å²) in [6, 6.07) is 0. The van der Waals surface area contributed by atoms with Crippen LogP contribution in [0.15, 0.2) is 0 Å². The number of ether oxygens (including phenoxy) is 1. The minimum atomic E-state index is -0.483. The highest BCUT2D eigenvalue weighted by atomic mass is 32.2. The van der Waals surface area contributed by atoms with Crippen molar-refractivity contribution in [3.8, 4) is 0 Å². The fraction of sp³-hybridized carbons (Fsp3) is 0.462. The highest BCUT2D eigenvalue weighted by Gasteiger charge is 2.36. The monoisotopic (exact) mass is 326 g/mol. The van der Waals surface area contributed by atoms with Crippen LogP contribution < -0.4 is 10.2 Å². The standard InChI is InChI=1S/C13H14N2O4S2/c1-19-13(18)11-7-2-3-14-4-8(7)21-12(11)15-9(16)5-20-6-10(15)17/h14H,2-6H2,1H3. The molecule has 6 nitrogen and oxygen atoms in total. The van der Waals surface area contributed by atoms with Crippen LogP contribution >= 0.6 is 23.1 Å². The van der Waals surface area contributed by atoms with Crippen LogP contribution in [0.5, 0.6) is 0 Å². The van der Waals surface area contributed by atoms with Crippen LogP contribution in [0.2, 0.25) is 0 Å². The van der Waals surface area contributed by atoms with Gasteiger partial charge in [0.05, 0.1) is 24.2 Å². The Labute approximate surface area is 129 Å². The number of methoxy groups -OCH3 is 1. The molecule has 2 aliphatic rings. The van der Waals surface area contributed by atoms with Crippen LogP contribution in [0.25, 0.3) is 0 Å². The fourth-order valence-electron chi connectivity index (χ4n) is 2.51. The average molecular weight is 326 g/mol. The number of nitrogens with zero attached hydrogens (tertiary/aromatic N) is 1. The molecule has 1 aromatic rings. The number of anilines is 1. The van der Waals surface area contributed by atoms with Crippen LogP contribution in [0.4, 0.5) is 5.00 Å². The number of thiophene rings is 1. The van der Waals surface area contributed by atoms with E-state index >= 15 is 0 Å². The SMILES string of the molecule is COC(=O)c1c(N2C(=O)CSCC2=O)sc2c1CCNC2. The average Bonchev–Trinajstić information content (AvgIpc) is 2.85. The largest absolute Gasteiger partial charge is 0.465 e. The van der Waals surface area contributed by atoms with E-state index in [9.17, 15) is 14.4 Å². The number of nitrogens with one attached hydrogen (secondary N) is 1. The molecule has 2 amide bonds. The number of imide groups is 1. The molecule has 0 radical (unpaired) electrons. The Morgan fingerprint density at radius 1 is 1.29 bits per heavy atom. The van der Waals surface area contributed by atoms with Gasteiger partial charge < -0.3 is 10.1 Å². The van der Waals surface area contributed by atoms with Crippen molar-refractivity contribution in [3.05, 3.63) is 16.0 Å². The summed E-state index contributed by atoms with van der Waals surface area (Å²) < 4.78 is 4.86. The summed E-state index contributed by atoms with van der Waals surface area (Å²) in [7, 11) is 1.31. The summed E-state index contributed by atoms with van der Waals surface area (Å²) in [4.78, 5) is 38.5. The van der Waals surface area contributed by atoms with E-state index in [2.05, 4.69) is 5.32 Å². The Bertz CT molecular complexity index is 610. The van der Waals surface area contributed by atoms with E-state index in [0.717, 1.165) is 21.9 Å². The molecule has 3 rings (SSSR count). The molecular weight excluding hydrogens is 312 g/mol. The lowest BCUT2D eigenvalue weighted by Crippen LogP contribution is -2.43. The molecule has 0 atom stereocenters. The van der Waals surface area contributed by atoms with Crippen molar-refractivity contribution in [1.82, 2.24) is 5.32 Å². The minimum absolute atomic E-state index is 0.257. The Balaban J connectivity index is 2.12. The predicted octanol–water partition coefficient (Wildman–Crippen LogP) is 0.787. The third-order valence-electron chi connectivity index (χ3n) is 3.45. The van der Waals surface area contributed by atoms with Crippen molar-refractivity contribution < 1.29 is 19.1 Å². The van der Waals surface area contributed by atoms with E-state index in [1.807, 2.05) is 0 Å². The highest BCUT2D eigenvalue weighted by molar-refractivity contribution is 8.00. The Morgan fingerprint density at radius 3 is 2.67 bits per heavy atom. The summed E-state index contributed by atoms with van der Waals surface area (Å²) in [5.74, 6) is -0.510. The van der Waals surface area contributed by atoms with Crippen molar-refractivity contribution in [2.75, 3.05) is 30.1 Å². The zero-order valence-electron chi connectivity index (χ0n) is 11.4. The zero-order chi connectivity index (χ0) is 15.0. The van der Waals surface area contributed by atoms with Crippen molar-refractivity contribution in [2.24, 2.45) is 0 Å². The van der Waals surface area contributed by atoms with Gasteiger partial charge in [0.25, 0.3) is 0 Å². The number of hydrogen-bond donors (Lipinski definition) is 1. The normalized spacial score (nSPS) is 18.6. The number of thioether (sulfide) groups is 1. The molecule has 3 heterocycles. The van der Waals surface area contributed by atoms with Crippen LogP contribution in [-0.2, 0) is 27.3 Å². The van der Waals surface area contributed by atoms with Gasteiger partial charge in [-0.2, -0.15) is 0 Å². The Hall–Kier alpha value is -1.38. The molecule has 21 heavy (non-hydrogen) atoms. The number of hydrogen-bond acceptors (Lipinski definition) is 7. The summed E-state index contributed by atoms with van der Waals surface area (Å²) in [6.07, 6.45) is 0.696. The number of carbonyl (C=O) groups excluding carboxylic acids is 3. The summed E-state index contributed by atoms with van der Waals surface area (Å²) in [6.45, 7) is 1.42. The van der Waals surface area contributed by atoms with E-state index in [1.165, 1.54) is 30.2 Å². The number of esters is 1. The molecule has 0 saturated carbocycles. The van der Waals surface area contributed by atoms with Gasteiger partial charge in [0.1, 0.15) is 5.00 Å². The molecule has 0 unspecified atom stereocenters. The quantitative estimate of drug-likeness (QED) is 0.640. The first-order valence-electron chi connectivity index (χ1n) is 6.50. The van der Waals surface area contributed by atoms with Gasteiger partial charge >= 0.3 is 5.97 Å². The first-order chi connectivity index (χ1) is 10.1. The van der Waals surface area contributed by atoms with Crippen molar-refractivity contribution in [3.63, 3.8) is 0 Å². The lowest BCUT2D eigenvalue weighted by molar-refractivity contribution is -0.124. The number of fused-ring (bicyclic) bond motifs is 1. The lowest BCUT2D eigenvalue weighted by Gasteiger charge is -2.24. The second-order valence-corrected chi connectivity index (χ2v) is 6.79. The number of amides is 2. The van der Waals surface area contributed by atoms with Gasteiger partial charge in [-0.25, -0.2) is 9.69 Å². The van der Waals surface area contributed by atoms with Crippen LogP contribution in [-0.4, -0.2) is 42.9 Å². The van der Waals surface area contributed by atoms with E-state index in [0.29, 0.717) is 23.5 Å². The third-order valence-corrected chi connectivity index (χ3v) is 5.57. The van der Waals surface area contributed by atoms with Gasteiger partial charge in [-0.3, -0.25) is 9.59 Å². The minimum Gasteiger partial charge on any atom is -0.465 e. The number of carbonyl (C=O) groups is 3. The van der Waals surface area contributed by atoms with E-state index in [4.69, 9.17) is 4.74 Å². The molecular formula is C13H14N2O4S2. The maximum Gasteiger partial charge on any atom is 0.341 e. The Kier molecular flexibility index (Phi) is 4.01. The smallest absolute Gasteiger partial charge is 0.341 e. The highest BCUT2D eigenvalue weighted by Crippen LogP contribution is 2.39. The Morgan fingerprint density at radius 2 is 2.00 bits per heavy atom. The lowest BCUT2D eigenvalue weighted by atomic mass is 10.0. The second-order valence-electron chi connectivity index (χ2n) is 4.72. The molecule has 0 aromatic carbocycles. The summed E-state index contributed by atoms with van der Waals surface area (Å²) in [5.41, 5.74) is 1.28. The summed E-state index contributed by atoms with van der Waals surface area (Å²) >= 11 is 2.63. The molecule has 1 N–H and O–H groups in total. The molecule has 0 bridgehead atoms. The molecule has 1 fully saturated rings. The topological polar surface area (TPSA) is 75.7 Å².